The monoisotopic (exact) mass is 305 g/mol. The Hall–Kier alpha value is -1.59. The van der Waals surface area contributed by atoms with Crippen molar-refractivity contribution >= 4 is 5.91 Å². The fourth-order valence-corrected chi connectivity index (χ4v) is 3.53. The standard InChI is InChI=1S/C17H23NO4/c1-21-8-5-13-10-17(22-11-13)6-7-18(12-17)16(20)14-3-2-4-15(19)9-14/h2-4,9,13,19H,5-8,10-12H2,1H3. The lowest BCUT2D eigenvalue weighted by atomic mass is 9.92. The lowest BCUT2D eigenvalue weighted by Crippen LogP contribution is -2.35. The van der Waals surface area contributed by atoms with Crippen LogP contribution >= 0.6 is 0 Å². The summed E-state index contributed by atoms with van der Waals surface area (Å²) in [6.07, 6.45) is 2.90. The number of phenolic OH excluding ortho intramolecular Hbond substituents is 1. The molecule has 1 aromatic carbocycles. The van der Waals surface area contributed by atoms with E-state index in [9.17, 15) is 9.90 Å². The normalized spacial score (nSPS) is 27.7. The van der Waals surface area contributed by atoms with Crippen LogP contribution in [0.4, 0.5) is 0 Å². The van der Waals surface area contributed by atoms with Gasteiger partial charge < -0.3 is 19.5 Å². The zero-order valence-electron chi connectivity index (χ0n) is 13.0. The average molecular weight is 305 g/mol. The lowest BCUT2D eigenvalue weighted by Gasteiger charge is -2.23. The second-order valence-corrected chi connectivity index (χ2v) is 6.37. The smallest absolute Gasteiger partial charge is 0.254 e. The Morgan fingerprint density at radius 3 is 3.18 bits per heavy atom. The number of phenols is 1. The molecule has 2 heterocycles. The summed E-state index contributed by atoms with van der Waals surface area (Å²) in [5, 5.41) is 9.52. The average Bonchev–Trinajstić information content (AvgIpc) is 3.12. The van der Waals surface area contributed by atoms with Crippen LogP contribution in [-0.4, -0.2) is 54.9 Å². The van der Waals surface area contributed by atoms with Crippen LogP contribution in [0.25, 0.3) is 0 Å². The Bertz CT molecular complexity index is 547. The minimum Gasteiger partial charge on any atom is -0.508 e. The Labute approximate surface area is 130 Å². The molecule has 3 rings (SSSR count). The minimum absolute atomic E-state index is 0.0308. The van der Waals surface area contributed by atoms with Crippen LogP contribution in [0, 0.1) is 5.92 Å². The van der Waals surface area contributed by atoms with Gasteiger partial charge in [-0.25, -0.2) is 0 Å². The molecule has 1 aromatic rings. The third kappa shape index (κ3) is 3.10. The first-order chi connectivity index (χ1) is 10.6. The molecule has 2 aliphatic rings. The molecule has 2 saturated heterocycles. The number of nitrogens with zero attached hydrogens (tertiary/aromatic N) is 1. The third-order valence-electron chi connectivity index (χ3n) is 4.71. The first kappa shape index (κ1) is 15.3. The van der Waals surface area contributed by atoms with Gasteiger partial charge in [-0.2, -0.15) is 0 Å². The number of amides is 1. The number of carbonyl (C=O) groups is 1. The molecule has 1 amide bonds. The Morgan fingerprint density at radius 2 is 2.41 bits per heavy atom. The number of rotatable bonds is 4. The van der Waals surface area contributed by atoms with Crippen LogP contribution in [-0.2, 0) is 9.47 Å². The molecular weight excluding hydrogens is 282 g/mol. The number of methoxy groups -OCH3 is 1. The second-order valence-electron chi connectivity index (χ2n) is 6.37. The van der Waals surface area contributed by atoms with Crippen molar-refractivity contribution in [2.75, 3.05) is 33.4 Å². The maximum atomic E-state index is 12.5. The first-order valence-corrected chi connectivity index (χ1v) is 7.83. The van der Waals surface area contributed by atoms with E-state index < -0.39 is 0 Å². The molecule has 2 unspecified atom stereocenters. The van der Waals surface area contributed by atoms with Crippen molar-refractivity contribution in [3.05, 3.63) is 29.8 Å². The van der Waals surface area contributed by atoms with Gasteiger partial charge in [-0.3, -0.25) is 4.79 Å². The van der Waals surface area contributed by atoms with Gasteiger partial charge in [0.25, 0.3) is 5.91 Å². The van der Waals surface area contributed by atoms with Gasteiger partial charge in [-0.1, -0.05) is 6.07 Å². The maximum absolute atomic E-state index is 12.5. The number of likely N-dealkylation sites (tertiary alicyclic amines) is 1. The molecule has 5 heteroatoms. The molecular formula is C17H23NO4. The number of benzene rings is 1. The quantitative estimate of drug-likeness (QED) is 0.925. The topological polar surface area (TPSA) is 59.0 Å². The SMILES string of the molecule is COCCC1COC2(CCN(C(=O)c3cccc(O)c3)C2)C1. The summed E-state index contributed by atoms with van der Waals surface area (Å²) >= 11 is 0. The Morgan fingerprint density at radius 1 is 1.55 bits per heavy atom. The molecule has 1 N–H and O–H groups in total. The van der Waals surface area contributed by atoms with Crippen molar-refractivity contribution in [3.63, 3.8) is 0 Å². The van der Waals surface area contributed by atoms with Crippen LogP contribution in [0.1, 0.15) is 29.6 Å². The third-order valence-corrected chi connectivity index (χ3v) is 4.71. The summed E-state index contributed by atoms with van der Waals surface area (Å²) in [5.74, 6) is 0.615. The predicted molar refractivity (Wildman–Crippen MR) is 81.9 cm³/mol. The molecule has 2 aliphatic heterocycles. The van der Waals surface area contributed by atoms with Gasteiger partial charge in [0, 0.05) is 25.8 Å². The zero-order valence-corrected chi connectivity index (χ0v) is 13.0. The molecule has 0 aliphatic carbocycles. The highest BCUT2D eigenvalue weighted by molar-refractivity contribution is 5.94. The Balaban J connectivity index is 1.62. The van der Waals surface area contributed by atoms with E-state index in [-0.39, 0.29) is 17.3 Å². The van der Waals surface area contributed by atoms with Crippen molar-refractivity contribution in [2.45, 2.75) is 24.9 Å². The van der Waals surface area contributed by atoms with Gasteiger partial charge in [0.05, 0.1) is 18.8 Å². The van der Waals surface area contributed by atoms with Crippen molar-refractivity contribution in [1.29, 1.82) is 0 Å². The summed E-state index contributed by atoms with van der Waals surface area (Å²) < 4.78 is 11.2. The van der Waals surface area contributed by atoms with Crippen LogP contribution in [0.3, 0.4) is 0 Å². The lowest BCUT2D eigenvalue weighted by molar-refractivity contribution is 0.0113. The van der Waals surface area contributed by atoms with Crippen LogP contribution < -0.4 is 0 Å². The number of hydrogen-bond donors (Lipinski definition) is 1. The van der Waals surface area contributed by atoms with Gasteiger partial charge in [-0.15, -0.1) is 0 Å². The molecule has 0 saturated carbocycles. The van der Waals surface area contributed by atoms with E-state index in [1.54, 1.807) is 25.3 Å². The van der Waals surface area contributed by atoms with Gasteiger partial charge in [0.2, 0.25) is 0 Å². The van der Waals surface area contributed by atoms with E-state index in [1.165, 1.54) is 6.07 Å². The molecule has 0 aromatic heterocycles. The fraction of sp³-hybridized carbons (Fsp3) is 0.588. The number of ether oxygens (including phenoxy) is 2. The summed E-state index contributed by atoms with van der Waals surface area (Å²) in [6.45, 7) is 2.88. The largest absolute Gasteiger partial charge is 0.508 e. The molecule has 2 atom stereocenters. The highest BCUT2D eigenvalue weighted by Crippen LogP contribution is 2.39. The number of aromatic hydroxyl groups is 1. The van der Waals surface area contributed by atoms with Crippen molar-refractivity contribution < 1.29 is 19.4 Å². The van der Waals surface area contributed by atoms with E-state index in [0.717, 1.165) is 32.5 Å². The molecule has 120 valence electrons. The Kier molecular flexibility index (Phi) is 4.36. The second kappa shape index (κ2) is 6.26. The zero-order chi connectivity index (χ0) is 15.6. The van der Waals surface area contributed by atoms with Gasteiger partial charge in [0.1, 0.15) is 5.75 Å². The summed E-state index contributed by atoms with van der Waals surface area (Å²) in [4.78, 5) is 14.4. The molecule has 0 bridgehead atoms. The van der Waals surface area contributed by atoms with E-state index in [4.69, 9.17) is 9.47 Å². The van der Waals surface area contributed by atoms with E-state index in [2.05, 4.69) is 0 Å². The maximum Gasteiger partial charge on any atom is 0.254 e. The molecule has 1 spiro atoms. The highest BCUT2D eigenvalue weighted by Gasteiger charge is 2.46. The predicted octanol–water partition coefficient (Wildman–Crippen LogP) is 2.05. The number of carbonyl (C=O) groups excluding carboxylic acids is 1. The van der Waals surface area contributed by atoms with Crippen molar-refractivity contribution in [2.24, 2.45) is 5.92 Å². The molecule has 2 fully saturated rings. The molecule has 0 radical (unpaired) electrons. The van der Waals surface area contributed by atoms with Crippen LogP contribution in [0.5, 0.6) is 5.75 Å². The minimum atomic E-state index is -0.176. The van der Waals surface area contributed by atoms with E-state index in [0.29, 0.717) is 24.6 Å². The van der Waals surface area contributed by atoms with Gasteiger partial charge in [0.15, 0.2) is 0 Å². The van der Waals surface area contributed by atoms with Crippen molar-refractivity contribution in [3.8, 4) is 5.75 Å². The van der Waals surface area contributed by atoms with Gasteiger partial charge in [-0.05, 0) is 43.4 Å². The van der Waals surface area contributed by atoms with Gasteiger partial charge >= 0.3 is 0 Å². The first-order valence-electron chi connectivity index (χ1n) is 7.83. The molecule has 5 nitrogen and oxygen atoms in total. The summed E-state index contributed by atoms with van der Waals surface area (Å²) in [7, 11) is 1.72. The van der Waals surface area contributed by atoms with Crippen LogP contribution in [0.2, 0.25) is 0 Å². The van der Waals surface area contributed by atoms with E-state index in [1.807, 2.05) is 4.90 Å². The van der Waals surface area contributed by atoms with E-state index >= 15 is 0 Å². The fourth-order valence-electron chi connectivity index (χ4n) is 3.53. The number of hydrogen-bond acceptors (Lipinski definition) is 4. The summed E-state index contributed by atoms with van der Waals surface area (Å²) in [6, 6.07) is 6.53. The summed E-state index contributed by atoms with van der Waals surface area (Å²) in [5.41, 5.74) is 0.358. The van der Waals surface area contributed by atoms with Crippen molar-refractivity contribution in [1.82, 2.24) is 4.90 Å². The van der Waals surface area contributed by atoms with Crippen LogP contribution in [0.15, 0.2) is 24.3 Å². The molecule has 22 heavy (non-hydrogen) atoms. The highest BCUT2D eigenvalue weighted by atomic mass is 16.5.